The Morgan fingerprint density at radius 3 is 2.71 bits per heavy atom. The molecule has 158 valence electrons. The van der Waals surface area contributed by atoms with E-state index in [2.05, 4.69) is 10.3 Å². The van der Waals surface area contributed by atoms with E-state index in [9.17, 15) is 4.79 Å². The minimum Gasteiger partial charge on any atom is -0.493 e. The zero-order chi connectivity index (χ0) is 21.5. The second-order valence-electron chi connectivity index (χ2n) is 6.96. The van der Waals surface area contributed by atoms with Gasteiger partial charge in [0.05, 0.1) is 25.4 Å². The third kappa shape index (κ3) is 3.32. The highest BCUT2D eigenvalue weighted by atomic mass is 32.1. The summed E-state index contributed by atoms with van der Waals surface area (Å²) >= 11 is 1.26. The van der Waals surface area contributed by atoms with Gasteiger partial charge in [0.25, 0.3) is 5.91 Å². The Hall–Kier alpha value is -3.72. The number of rotatable bonds is 5. The van der Waals surface area contributed by atoms with E-state index < -0.39 is 0 Å². The zero-order valence-corrected chi connectivity index (χ0v) is 17.7. The lowest BCUT2D eigenvalue weighted by molar-refractivity contribution is 0.0955. The number of methoxy groups -OCH3 is 2. The van der Waals surface area contributed by atoms with Crippen molar-refractivity contribution in [3.63, 3.8) is 0 Å². The van der Waals surface area contributed by atoms with Crippen molar-refractivity contribution >= 4 is 44.1 Å². The third-order valence-electron chi connectivity index (χ3n) is 5.11. The molecular weight excluding hydrogens is 418 g/mol. The first-order valence-corrected chi connectivity index (χ1v) is 10.3. The molecule has 4 aromatic rings. The van der Waals surface area contributed by atoms with Gasteiger partial charge in [-0.05, 0) is 29.8 Å². The number of amides is 1. The summed E-state index contributed by atoms with van der Waals surface area (Å²) in [5.41, 5.74) is 8.37. The van der Waals surface area contributed by atoms with E-state index in [-0.39, 0.29) is 12.7 Å². The number of nitrogens with one attached hydrogen (secondary N) is 1. The normalized spacial score (nSPS) is 12.3. The minimum absolute atomic E-state index is 0.211. The van der Waals surface area contributed by atoms with Gasteiger partial charge in [-0.2, -0.15) is 0 Å². The Morgan fingerprint density at radius 1 is 1.13 bits per heavy atom. The molecule has 0 aliphatic carbocycles. The maximum absolute atomic E-state index is 12.8. The van der Waals surface area contributed by atoms with Crippen molar-refractivity contribution < 1.29 is 23.7 Å². The first kappa shape index (κ1) is 19.3. The van der Waals surface area contributed by atoms with Gasteiger partial charge in [0.1, 0.15) is 9.71 Å². The maximum atomic E-state index is 12.8. The summed E-state index contributed by atoms with van der Waals surface area (Å²) in [4.78, 5) is 18.6. The Kier molecular flexibility index (Phi) is 4.67. The van der Waals surface area contributed by atoms with Crippen molar-refractivity contribution in [3.05, 3.63) is 46.8 Å². The number of ether oxygens (including phenoxy) is 4. The molecular formula is C22H19N3O5S. The molecule has 1 amide bonds. The topological polar surface area (TPSA) is 105 Å². The fourth-order valence-electron chi connectivity index (χ4n) is 3.51. The highest BCUT2D eigenvalue weighted by Crippen LogP contribution is 2.38. The first-order chi connectivity index (χ1) is 15.1. The molecule has 0 bridgehead atoms. The van der Waals surface area contributed by atoms with Crippen molar-refractivity contribution in [3.8, 4) is 23.0 Å². The molecule has 9 heteroatoms. The molecule has 2 aromatic carbocycles. The monoisotopic (exact) mass is 437 g/mol. The van der Waals surface area contributed by atoms with Gasteiger partial charge in [-0.1, -0.05) is 6.07 Å². The number of hydrogen-bond acceptors (Lipinski definition) is 8. The van der Waals surface area contributed by atoms with Crippen LogP contribution in [0.2, 0.25) is 0 Å². The van der Waals surface area contributed by atoms with Crippen LogP contribution >= 0.6 is 11.3 Å². The molecule has 0 spiro atoms. The molecule has 31 heavy (non-hydrogen) atoms. The van der Waals surface area contributed by atoms with Crippen LogP contribution in [0.1, 0.15) is 15.2 Å². The number of thiophene rings is 1. The molecule has 0 radical (unpaired) electrons. The first-order valence-electron chi connectivity index (χ1n) is 9.49. The Bertz CT molecular complexity index is 1330. The molecule has 3 N–H and O–H groups in total. The molecule has 8 nitrogen and oxygen atoms in total. The quantitative estimate of drug-likeness (QED) is 0.490. The fourth-order valence-corrected chi connectivity index (χ4v) is 4.51. The van der Waals surface area contributed by atoms with Crippen LogP contribution in [0.5, 0.6) is 23.0 Å². The van der Waals surface area contributed by atoms with Gasteiger partial charge in [0, 0.05) is 23.4 Å². The smallest absolute Gasteiger partial charge is 0.263 e. The van der Waals surface area contributed by atoms with Crippen LogP contribution in [0.3, 0.4) is 0 Å². The van der Waals surface area contributed by atoms with E-state index in [1.807, 2.05) is 36.4 Å². The largest absolute Gasteiger partial charge is 0.493 e. The van der Waals surface area contributed by atoms with E-state index in [0.29, 0.717) is 44.9 Å². The minimum atomic E-state index is -0.252. The lowest BCUT2D eigenvalue weighted by atomic mass is 10.1. The van der Waals surface area contributed by atoms with Crippen LogP contribution < -0.4 is 30.0 Å². The van der Waals surface area contributed by atoms with Gasteiger partial charge in [-0.15, -0.1) is 11.3 Å². The van der Waals surface area contributed by atoms with Gasteiger partial charge in [-0.3, -0.25) is 4.79 Å². The van der Waals surface area contributed by atoms with Crippen molar-refractivity contribution in [2.24, 2.45) is 0 Å². The van der Waals surface area contributed by atoms with Gasteiger partial charge >= 0.3 is 0 Å². The number of nitrogens with zero attached hydrogens (tertiary/aromatic N) is 1. The number of nitrogens with two attached hydrogens (primary N) is 1. The van der Waals surface area contributed by atoms with Crippen molar-refractivity contribution in [1.29, 1.82) is 0 Å². The van der Waals surface area contributed by atoms with E-state index in [4.69, 9.17) is 24.7 Å². The molecule has 1 aliphatic rings. The summed E-state index contributed by atoms with van der Waals surface area (Å²) in [7, 11) is 3.16. The van der Waals surface area contributed by atoms with Crippen molar-refractivity contribution in [1.82, 2.24) is 10.3 Å². The number of pyridine rings is 1. The lowest BCUT2D eigenvalue weighted by Gasteiger charge is -2.08. The SMILES string of the molecule is COc1cc2cc3c(N)c(C(=O)NCc4ccc5c(c4)OCO5)sc3nc2cc1OC. The summed E-state index contributed by atoms with van der Waals surface area (Å²) < 4.78 is 21.4. The van der Waals surface area contributed by atoms with E-state index >= 15 is 0 Å². The van der Waals surface area contributed by atoms with Crippen molar-refractivity contribution in [2.45, 2.75) is 6.54 Å². The van der Waals surface area contributed by atoms with Crippen molar-refractivity contribution in [2.75, 3.05) is 26.7 Å². The van der Waals surface area contributed by atoms with Gasteiger partial charge in [-0.25, -0.2) is 4.98 Å². The number of benzene rings is 2. The van der Waals surface area contributed by atoms with Crippen LogP contribution in [0.4, 0.5) is 5.69 Å². The molecule has 0 fully saturated rings. The van der Waals surface area contributed by atoms with Crippen LogP contribution in [0.15, 0.2) is 36.4 Å². The summed E-state index contributed by atoms with van der Waals surface area (Å²) in [5, 5.41) is 4.50. The van der Waals surface area contributed by atoms with E-state index in [1.165, 1.54) is 11.3 Å². The molecule has 0 atom stereocenters. The van der Waals surface area contributed by atoms with Crippen LogP contribution in [0.25, 0.3) is 21.1 Å². The lowest BCUT2D eigenvalue weighted by Crippen LogP contribution is -2.22. The molecule has 5 rings (SSSR count). The highest BCUT2D eigenvalue weighted by Gasteiger charge is 2.19. The Morgan fingerprint density at radius 2 is 1.90 bits per heavy atom. The molecule has 3 heterocycles. The second kappa shape index (κ2) is 7.51. The molecule has 0 saturated heterocycles. The predicted molar refractivity (Wildman–Crippen MR) is 118 cm³/mol. The number of nitrogen functional groups attached to an aromatic ring is 1. The predicted octanol–water partition coefficient (Wildman–Crippen LogP) is 3.71. The Balaban J connectivity index is 1.44. The number of anilines is 1. The maximum Gasteiger partial charge on any atom is 0.263 e. The van der Waals surface area contributed by atoms with Crippen LogP contribution in [-0.2, 0) is 6.54 Å². The van der Waals surface area contributed by atoms with E-state index in [1.54, 1.807) is 14.2 Å². The Labute approximate surface area is 181 Å². The van der Waals surface area contributed by atoms with E-state index in [0.717, 1.165) is 21.9 Å². The summed E-state index contributed by atoms with van der Waals surface area (Å²) in [5.74, 6) is 2.32. The average molecular weight is 437 g/mol. The summed E-state index contributed by atoms with van der Waals surface area (Å²) in [6, 6.07) is 11.1. The van der Waals surface area contributed by atoms with Crippen LogP contribution in [0, 0.1) is 0 Å². The summed E-state index contributed by atoms with van der Waals surface area (Å²) in [6.07, 6.45) is 0. The third-order valence-corrected chi connectivity index (χ3v) is 6.23. The number of aromatic nitrogens is 1. The number of fused-ring (bicyclic) bond motifs is 3. The highest BCUT2D eigenvalue weighted by molar-refractivity contribution is 7.21. The average Bonchev–Trinajstić information content (AvgIpc) is 3.39. The van der Waals surface area contributed by atoms with Gasteiger partial charge < -0.3 is 30.0 Å². The standard InChI is InChI=1S/C22H19N3O5S/c1-27-16-7-12-6-13-19(23)20(31-22(13)25-14(12)8-17(16)28-2)21(26)24-9-11-3-4-15-18(5-11)30-10-29-15/h3-8H,9-10,23H2,1-2H3,(H,24,26). The number of hydrogen-bond donors (Lipinski definition) is 2. The zero-order valence-electron chi connectivity index (χ0n) is 16.9. The van der Waals surface area contributed by atoms with Gasteiger partial charge in [0.2, 0.25) is 6.79 Å². The summed E-state index contributed by atoms with van der Waals surface area (Å²) in [6.45, 7) is 0.551. The molecule has 2 aromatic heterocycles. The fraction of sp³-hybridized carbons (Fsp3) is 0.182. The number of carbonyl (C=O) groups is 1. The molecule has 1 aliphatic heterocycles. The molecule has 0 saturated carbocycles. The second-order valence-corrected chi connectivity index (χ2v) is 7.96. The van der Waals surface area contributed by atoms with Crippen LogP contribution in [-0.4, -0.2) is 31.9 Å². The van der Waals surface area contributed by atoms with Gasteiger partial charge in [0.15, 0.2) is 23.0 Å². The number of carbonyl (C=O) groups excluding carboxylic acids is 1. The molecule has 0 unspecified atom stereocenters.